The zero-order chi connectivity index (χ0) is 21.1. The molecule has 0 unspecified atom stereocenters. The topological polar surface area (TPSA) is 108 Å². The lowest BCUT2D eigenvalue weighted by atomic mass is 10.0. The number of carboxylic acid groups (broad SMARTS) is 1. The molecule has 8 nitrogen and oxygen atoms in total. The number of nitrogens with one attached hydrogen (secondary N) is 2. The predicted octanol–water partition coefficient (Wildman–Crippen LogP) is 3.59. The van der Waals surface area contributed by atoms with Crippen molar-refractivity contribution in [1.82, 2.24) is 15.3 Å². The Labute approximate surface area is 182 Å². The highest BCUT2D eigenvalue weighted by Gasteiger charge is 2.33. The second-order valence-electron chi connectivity index (χ2n) is 6.79. The number of amides is 1. The molecule has 2 atom stereocenters. The van der Waals surface area contributed by atoms with Crippen molar-refractivity contribution in [1.29, 1.82) is 0 Å². The standard InChI is InChI=1S/C18H22Cl2N4O4S/c1-3-6-28-11-8-24(18-21-7-12(29-18)17(26)27)5-4-10(11)23-16(25)15-14(20)13(19)9(2)22-15/h7,10-11,22H,3-6,8H2,1-2H3,(H,23,25)(H,26,27)/t10-,11+/m1/s1. The lowest BCUT2D eigenvalue weighted by Gasteiger charge is -2.38. The Bertz CT molecular complexity index is 901. The molecule has 2 aromatic heterocycles. The number of thiazole rings is 1. The summed E-state index contributed by atoms with van der Waals surface area (Å²) in [6.07, 6.45) is 2.55. The van der Waals surface area contributed by atoms with Gasteiger partial charge in [0.05, 0.1) is 28.4 Å². The molecule has 0 radical (unpaired) electrons. The third-order valence-electron chi connectivity index (χ3n) is 4.67. The van der Waals surface area contributed by atoms with Gasteiger partial charge >= 0.3 is 5.97 Å². The number of carboxylic acids is 1. The minimum Gasteiger partial charge on any atom is -0.477 e. The van der Waals surface area contributed by atoms with Gasteiger partial charge in [-0.15, -0.1) is 0 Å². The van der Waals surface area contributed by atoms with Crippen molar-refractivity contribution in [3.63, 3.8) is 0 Å². The molecule has 3 rings (SSSR count). The van der Waals surface area contributed by atoms with E-state index in [2.05, 4.69) is 15.3 Å². The van der Waals surface area contributed by atoms with Crippen molar-refractivity contribution in [2.45, 2.75) is 38.8 Å². The monoisotopic (exact) mass is 460 g/mol. The van der Waals surface area contributed by atoms with E-state index in [-0.39, 0.29) is 33.6 Å². The first kappa shape index (κ1) is 21.9. The maximum absolute atomic E-state index is 12.7. The molecule has 1 amide bonds. The number of carbonyl (C=O) groups excluding carboxylic acids is 1. The zero-order valence-corrected chi connectivity index (χ0v) is 18.3. The maximum Gasteiger partial charge on any atom is 0.347 e. The number of ether oxygens (including phenoxy) is 1. The van der Waals surface area contributed by atoms with E-state index in [1.54, 1.807) is 6.92 Å². The van der Waals surface area contributed by atoms with Gasteiger partial charge in [0.2, 0.25) is 0 Å². The van der Waals surface area contributed by atoms with E-state index in [1.165, 1.54) is 6.20 Å². The zero-order valence-electron chi connectivity index (χ0n) is 16.0. The smallest absolute Gasteiger partial charge is 0.347 e. The van der Waals surface area contributed by atoms with Crippen LogP contribution in [0.2, 0.25) is 10.0 Å². The Hall–Kier alpha value is -1.81. The second-order valence-corrected chi connectivity index (χ2v) is 8.55. The van der Waals surface area contributed by atoms with E-state index < -0.39 is 5.97 Å². The molecule has 1 saturated heterocycles. The van der Waals surface area contributed by atoms with Gasteiger partial charge in [-0.3, -0.25) is 4.79 Å². The van der Waals surface area contributed by atoms with Crippen molar-refractivity contribution in [3.8, 4) is 0 Å². The first-order chi connectivity index (χ1) is 13.8. The fourth-order valence-corrected chi connectivity index (χ4v) is 4.38. The van der Waals surface area contributed by atoms with Gasteiger partial charge < -0.3 is 25.0 Å². The van der Waals surface area contributed by atoms with E-state index >= 15 is 0 Å². The van der Waals surface area contributed by atoms with Crippen LogP contribution in [0.15, 0.2) is 6.20 Å². The second kappa shape index (κ2) is 9.34. The summed E-state index contributed by atoms with van der Waals surface area (Å²) in [5.74, 6) is -1.33. The van der Waals surface area contributed by atoms with Gasteiger partial charge in [0.1, 0.15) is 10.6 Å². The SMILES string of the molecule is CCCO[C@H]1CN(c2ncc(C(=O)O)s2)CC[C@H]1NC(=O)c1[nH]c(C)c(Cl)c1Cl. The Balaban J connectivity index is 1.72. The first-order valence-corrected chi connectivity index (χ1v) is 10.8. The molecular formula is C18H22Cl2N4O4S. The molecule has 0 bridgehead atoms. The number of anilines is 1. The van der Waals surface area contributed by atoms with Crippen LogP contribution in [0.3, 0.4) is 0 Å². The van der Waals surface area contributed by atoms with Crippen molar-refractivity contribution in [3.05, 3.63) is 32.5 Å². The lowest BCUT2D eigenvalue weighted by Crippen LogP contribution is -2.55. The largest absolute Gasteiger partial charge is 0.477 e. The van der Waals surface area contributed by atoms with Crippen LogP contribution in [0.1, 0.15) is 45.6 Å². The lowest BCUT2D eigenvalue weighted by molar-refractivity contribution is 0.0205. The molecule has 3 heterocycles. The highest BCUT2D eigenvalue weighted by molar-refractivity contribution is 7.17. The molecule has 0 spiro atoms. The molecule has 0 saturated carbocycles. The molecule has 11 heteroatoms. The summed E-state index contributed by atoms with van der Waals surface area (Å²) in [6.45, 7) is 5.42. The third kappa shape index (κ3) is 4.85. The van der Waals surface area contributed by atoms with Crippen molar-refractivity contribution in [2.75, 3.05) is 24.6 Å². The third-order valence-corrected chi connectivity index (χ3v) is 6.66. The number of H-pyrrole nitrogens is 1. The summed E-state index contributed by atoms with van der Waals surface area (Å²) in [6, 6.07) is -0.220. The molecule has 29 heavy (non-hydrogen) atoms. The predicted molar refractivity (Wildman–Crippen MR) is 113 cm³/mol. The van der Waals surface area contributed by atoms with Crippen LogP contribution in [0.25, 0.3) is 0 Å². The summed E-state index contributed by atoms with van der Waals surface area (Å²) < 4.78 is 5.98. The number of nitrogens with zero attached hydrogens (tertiary/aromatic N) is 2. The molecule has 2 aromatic rings. The molecular weight excluding hydrogens is 439 g/mol. The van der Waals surface area contributed by atoms with E-state index in [0.29, 0.717) is 42.0 Å². The summed E-state index contributed by atoms with van der Waals surface area (Å²) in [4.78, 5) is 33.2. The molecule has 3 N–H and O–H groups in total. The van der Waals surface area contributed by atoms with Crippen LogP contribution in [0.4, 0.5) is 5.13 Å². The average molecular weight is 461 g/mol. The number of piperidine rings is 1. The van der Waals surface area contributed by atoms with Crippen molar-refractivity contribution < 1.29 is 19.4 Å². The number of halogens is 2. The fraction of sp³-hybridized carbons (Fsp3) is 0.500. The van der Waals surface area contributed by atoms with E-state index in [4.69, 9.17) is 33.0 Å². The fourth-order valence-electron chi connectivity index (χ4n) is 3.17. The summed E-state index contributed by atoms with van der Waals surface area (Å²) in [7, 11) is 0. The van der Waals surface area contributed by atoms with Crippen LogP contribution in [-0.2, 0) is 4.74 Å². The first-order valence-electron chi connectivity index (χ1n) is 9.21. The molecule has 1 fully saturated rings. The average Bonchev–Trinajstić information content (AvgIpc) is 3.29. The molecule has 0 aliphatic carbocycles. The maximum atomic E-state index is 12.7. The molecule has 1 aliphatic rings. The highest BCUT2D eigenvalue weighted by Crippen LogP contribution is 2.30. The van der Waals surface area contributed by atoms with Gasteiger partial charge in [-0.2, -0.15) is 0 Å². The normalized spacial score (nSPS) is 19.4. The van der Waals surface area contributed by atoms with Gasteiger partial charge in [0, 0.05) is 25.4 Å². The van der Waals surface area contributed by atoms with Crippen LogP contribution in [0, 0.1) is 6.92 Å². The molecule has 0 aromatic carbocycles. The Morgan fingerprint density at radius 2 is 2.21 bits per heavy atom. The van der Waals surface area contributed by atoms with Gasteiger partial charge in [-0.1, -0.05) is 41.5 Å². The molecule has 1 aliphatic heterocycles. The van der Waals surface area contributed by atoms with E-state index in [1.807, 2.05) is 11.8 Å². The highest BCUT2D eigenvalue weighted by atomic mass is 35.5. The van der Waals surface area contributed by atoms with Crippen LogP contribution in [0.5, 0.6) is 0 Å². The van der Waals surface area contributed by atoms with Crippen molar-refractivity contribution in [2.24, 2.45) is 0 Å². The van der Waals surface area contributed by atoms with E-state index in [0.717, 1.165) is 17.8 Å². The number of aryl methyl sites for hydroxylation is 1. The number of aromatic carboxylic acids is 1. The number of aromatic amines is 1. The quantitative estimate of drug-likeness (QED) is 0.582. The summed E-state index contributed by atoms with van der Waals surface area (Å²) >= 11 is 13.4. The van der Waals surface area contributed by atoms with Crippen LogP contribution < -0.4 is 10.2 Å². The Morgan fingerprint density at radius 1 is 1.45 bits per heavy atom. The summed E-state index contributed by atoms with van der Waals surface area (Å²) in [5, 5.41) is 13.3. The number of hydrogen-bond acceptors (Lipinski definition) is 6. The van der Waals surface area contributed by atoms with Crippen LogP contribution >= 0.6 is 34.5 Å². The minimum atomic E-state index is -0.994. The number of hydrogen-bond donors (Lipinski definition) is 3. The van der Waals surface area contributed by atoms with Crippen molar-refractivity contribution >= 4 is 51.5 Å². The number of aromatic nitrogens is 2. The van der Waals surface area contributed by atoms with Gasteiger partial charge in [0.25, 0.3) is 5.91 Å². The number of carbonyl (C=O) groups is 2. The Kier molecular flexibility index (Phi) is 7.05. The van der Waals surface area contributed by atoms with Gasteiger partial charge in [-0.25, -0.2) is 9.78 Å². The van der Waals surface area contributed by atoms with Gasteiger partial charge in [-0.05, 0) is 19.8 Å². The molecule has 158 valence electrons. The van der Waals surface area contributed by atoms with E-state index in [9.17, 15) is 9.59 Å². The Morgan fingerprint density at radius 3 is 2.79 bits per heavy atom. The van der Waals surface area contributed by atoms with Gasteiger partial charge in [0.15, 0.2) is 5.13 Å². The minimum absolute atomic E-state index is 0.190. The summed E-state index contributed by atoms with van der Waals surface area (Å²) in [5.41, 5.74) is 0.866. The van der Waals surface area contributed by atoms with Crippen LogP contribution in [-0.4, -0.2) is 58.8 Å². The number of rotatable bonds is 7.